The second kappa shape index (κ2) is 4.55. The monoisotopic (exact) mass is 234 g/mol. The fourth-order valence-electron chi connectivity index (χ4n) is 1.92. The summed E-state index contributed by atoms with van der Waals surface area (Å²) in [5, 5.41) is 11.8. The average molecular weight is 234 g/mol. The Balaban J connectivity index is 2.17. The van der Waals surface area contributed by atoms with Gasteiger partial charge in [-0.25, -0.2) is 0 Å². The zero-order valence-electron chi connectivity index (χ0n) is 9.56. The van der Waals surface area contributed by atoms with Gasteiger partial charge in [-0.3, -0.25) is 9.59 Å². The Morgan fingerprint density at radius 2 is 2.06 bits per heavy atom. The Labute approximate surface area is 99.0 Å². The van der Waals surface area contributed by atoms with Crippen molar-refractivity contribution in [1.29, 1.82) is 0 Å². The van der Waals surface area contributed by atoms with E-state index in [2.05, 4.69) is 5.32 Å². The van der Waals surface area contributed by atoms with Crippen molar-refractivity contribution in [2.45, 2.75) is 13.1 Å². The van der Waals surface area contributed by atoms with Crippen molar-refractivity contribution in [3.63, 3.8) is 0 Å². The van der Waals surface area contributed by atoms with Crippen LogP contribution in [0.5, 0.6) is 0 Å². The molecular formula is C12H14N2O3. The van der Waals surface area contributed by atoms with Crippen LogP contribution >= 0.6 is 0 Å². The number of carboxylic acids is 1. The largest absolute Gasteiger partial charge is 0.480 e. The summed E-state index contributed by atoms with van der Waals surface area (Å²) in [4.78, 5) is 23.7. The third kappa shape index (κ3) is 2.45. The number of carboxylic acid groups (broad SMARTS) is 1. The maximum Gasteiger partial charge on any atom is 0.323 e. The highest BCUT2D eigenvalue weighted by molar-refractivity contribution is 5.95. The predicted octanol–water partition coefficient (Wildman–Crippen LogP) is 0.446. The first-order chi connectivity index (χ1) is 8.08. The molecule has 0 spiro atoms. The Bertz CT molecular complexity index is 471. The van der Waals surface area contributed by atoms with Gasteiger partial charge in [0, 0.05) is 25.7 Å². The number of hydrogen-bond acceptors (Lipinski definition) is 3. The molecule has 0 atom stereocenters. The highest BCUT2D eigenvalue weighted by Gasteiger charge is 2.17. The molecule has 0 aliphatic carbocycles. The minimum atomic E-state index is -1.01. The molecule has 0 bridgehead atoms. The zero-order chi connectivity index (χ0) is 12.4. The standard InChI is InChI=1S/C12H14N2O3/c1-14(7-11(15)16)12(17)8-2-3-9-5-13-6-10(9)4-8/h2-4,13H,5-7H2,1H3,(H,15,16). The molecule has 0 saturated carbocycles. The fourth-order valence-corrected chi connectivity index (χ4v) is 1.92. The van der Waals surface area contributed by atoms with Crippen LogP contribution in [0.3, 0.4) is 0 Å². The molecule has 5 nitrogen and oxygen atoms in total. The van der Waals surface area contributed by atoms with Crippen LogP contribution in [0, 0.1) is 0 Å². The summed E-state index contributed by atoms with van der Waals surface area (Å²) in [6.45, 7) is 1.31. The smallest absolute Gasteiger partial charge is 0.323 e. The molecule has 17 heavy (non-hydrogen) atoms. The lowest BCUT2D eigenvalue weighted by Crippen LogP contribution is -2.31. The summed E-state index contributed by atoms with van der Waals surface area (Å²) < 4.78 is 0. The molecule has 1 aromatic carbocycles. The van der Waals surface area contributed by atoms with Crippen molar-refractivity contribution in [3.05, 3.63) is 34.9 Å². The van der Waals surface area contributed by atoms with E-state index >= 15 is 0 Å². The van der Waals surface area contributed by atoms with Crippen LogP contribution < -0.4 is 5.32 Å². The van der Waals surface area contributed by atoms with Gasteiger partial charge in [-0.05, 0) is 23.3 Å². The van der Waals surface area contributed by atoms with Gasteiger partial charge in [0.15, 0.2) is 0 Å². The van der Waals surface area contributed by atoms with Crippen molar-refractivity contribution >= 4 is 11.9 Å². The SMILES string of the molecule is CN(CC(=O)O)C(=O)c1ccc2c(c1)CNC2. The van der Waals surface area contributed by atoms with Crippen LogP contribution in [0.15, 0.2) is 18.2 Å². The molecule has 1 heterocycles. The van der Waals surface area contributed by atoms with Crippen LogP contribution in [0.25, 0.3) is 0 Å². The van der Waals surface area contributed by atoms with Crippen molar-refractivity contribution < 1.29 is 14.7 Å². The molecule has 1 aromatic rings. The maximum absolute atomic E-state index is 11.9. The van der Waals surface area contributed by atoms with Crippen LogP contribution in [0.2, 0.25) is 0 Å². The Morgan fingerprint density at radius 1 is 1.35 bits per heavy atom. The van der Waals surface area contributed by atoms with E-state index < -0.39 is 5.97 Å². The van der Waals surface area contributed by atoms with Gasteiger partial charge >= 0.3 is 5.97 Å². The average Bonchev–Trinajstić information content (AvgIpc) is 2.73. The predicted molar refractivity (Wildman–Crippen MR) is 61.6 cm³/mol. The molecule has 0 fully saturated rings. The second-order valence-corrected chi connectivity index (χ2v) is 4.14. The third-order valence-corrected chi connectivity index (χ3v) is 2.80. The molecule has 0 saturated heterocycles. The number of carbonyl (C=O) groups excluding carboxylic acids is 1. The molecule has 1 aliphatic rings. The number of carbonyl (C=O) groups is 2. The lowest BCUT2D eigenvalue weighted by molar-refractivity contribution is -0.137. The van der Waals surface area contributed by atoms with E-state index in [-0.39, 0.29) is 12.5 Å². The molecule has 0 unspecified atom stereocenters. The van der Waals surface area contributed by atoms with E-state index in [0.29, 0.717) is 5.56 Å². The molecule has 0 radical (unpaired) electrons. The molecule has 0 aromatic heterocycles. The van der Waals surface area contributed by atoms with E-state index in [4.69, 9.17) is 5.11 Å². The van der Waals surface area contributed by atoms with E-state index in [1.54, 1.807) is 6.07 Å². The van der Waals surface area contributed by atoms with Crippen LogP contribution in [-0.2, 0) is 17.9 Å². The van der Waals surface area contributed by atoms with Crippen LogP contribution in [-0.4, -0.2) is 35.5 Å². The number of fused-ring (bicyclic) bond motifs is 1. The number of benzene rings is 1. The number of aliphatic carboxylic acids is 1. The van der Waals surface area contributed by atoms with Gasteiger partial charge in [0.1, 0.15) is 6.54 Å². The Morgan fingerprint density at radius 3 is 2.76 bits per heavy atom. The first kappa shape index (κ1) is 11.6. The van der Waals surface area contributed by atoms with E-state index in [0.717, 1.165) is 18.7 Å². The lowest BCUT2D eigenvalue weighted by atomic mass is 10.1. The Hall–Kier alpha value is -1.88. The minimum absolute atomic E-state index is 0.262. The van der Waals surface area contributed by atoms with Gasteiger partial charge in [-0.1, -0.05) is 6.07 Å². The molecular weight excluding hydrogens is 220 g/mol. The summed E-state index contributed by atoms with van der Waals surface area (Å²) in [5.74, 6) is -1.27. The first-order valence-electron chi connectivity index (χ1n) is 5.37. The molecule has 2 rings (SSSR count). The van der Waals surface area contributed by atoms with Crippen molar-refractivity contribution in [2.75, 3.05) is 13.6 Å². The summed E-state index contributed by atoms with van der Waals surface area (Å²) in [7, 11) is 1.49. The molecule has 1 amide bonds. The van der Waals surface area contributed by atoms with Crippen molar-refractivity contribution in [3.8, 4) is 0 Å². The normalized spacial score (nSPS) is 13.2. The second-order valence-electron chi connectivity index (χ2n) is 4.14. The van der Waals surface area contributed by atoms with Gasteiger partial charge in [0.2, 0.25) is 0 Å². The van der Waals surface area contributed by atoms with E-state index in [1.165, 1.54) is 17.5 Å². The fraction of sp³-hybridized carbons (Fsp3) is 0.333. The topological polar surface area (TPSA) is 69.6 Å². The van der Waals surface area contributed by atoms with Crippen molar-refractivity contribution in [2.24, 2.45) is 0 Å². The first-order valence-corrected chi connectivity index (χ1v) is 5.37. The molecule has 1 aliphatic heterocycles. The molecule has 90 valence electrons. The Kier molecular flexibility index (Phi) is 3.10. The van der Waals surface area contributed by atoms with Crippen LogP contribution in [0.4, 0.5) is 0 Å². The van der Waals surface area contributed by atoms with Gasteiger partial charge in [-0.2, -0.15) is 0 Å². The third-order valence-electron chi connectivity index (χ3n) is 2.80. The summed E-state index contributed by atoms with van der Waals surface area (Å²) in [6.07, 6.45) is 0. The number of nitrogens with zero attached hydrogens (tertiary/aromatic N) is 1. The highest BCUT2D eigenvalue weighted by atomic mass is 16.4. The maximum atomic E-state index is 11.9. The highest BCUT2D eigenvalue weighted by Crippen LogP contribution is 2.17. The number of rotatable bonds is 3. The van der Waals surface area contributed by atoms with E-state index in [1.807, 2.05) is 12.1 Å². The van der Waals surface area contributed by atoms with Gasteiger partial charge in [-0.15, -0.1) is 0 Å². The van der Waals surface area contributed by atoms with Gasteiger partial charge in [0.05, 0.1) is 0 Å². The van der Waals surface area contributed by atoms with Crippen molar-refractivity contribution in [1.82, 2.24) is 10.2 Å². The minimum Gasteiger partial charge on any atom is -0.480 e. The number of nitrogens with one attached hydrogen (secondary N) is 1. The number of amides is 1. The molecule has 2 N–H and O–H groups in total. The summed E-state index contributed by atoms with van der Waals surface area (Å²) >= 11 is 0. The lowest BCUT2D eigenvalue weighted by Gasteiger charge is -2.15. The van der Waals surface area contributed by atoms with E-state index in [9.17, 15) is 9.59 Å². The summed E-state index contributed by atoms with van der Waals surface area (Å²) in [5.41, 5.74) is 2.85. The van der Waals surface area contributed by atoms with Crippen LogP contribution in [0.1, 0.15) is 21.5 Å². The number of hydrogen-bond donors (Lipinski definition) is 2. The van der Waals surface area contributed by atoms with Gasteiger partial charge in [0.25, 0.3) is 5.91 Å². The summed E-state index contributed by atoms with van der Waals surface area (Å²) in [6, 6.07) is 5.49. The van der Waals surface area contributed by atoms with Gasteiger partial charge < -0.3 is 15.3 Å². The zero-order valence-corrected chi connectivity index (χ0v) is 9.56. The quantitative estimate of drug-likeness (QED) is 0.796. The number of likely N-dealkylation sites (N-methyl/N-ethyl adjacent to an activating group) is 1. The molecule has 5 heteroatoms.